The first-order valence-electron chi connectivity index (χ1n) is 10.5. The molecule has 0 saturated carbocycles. The van der Waals surface area contributed by atoms with Crippen molar-refractivity contribution in [3.8, 4) is 11.5 Å². The summed E-state index contributed by atoms with van der Waals surface area (Å²) in [5, 5.41) is 3.00. The molecule has 1 saturated heterocycles. The molecule has 0 spiro atoms. The molecule has 1 N–H and O–H groups in total. The number of nitrogens with zero attached hydrogens (tertiary/aromatic N) is 3. The highest BCUT2D eigenvalue weighted by atomic mass is 16.5. The molecule has 0 bridgehead atoms. The van der Waals surface area contributed by atoms with Crippen LogP contribution in [0, 0.1) is 6.92 Å². The maximum absolute atomic E-state index is 12.9. The Bertz CT molecular complexity index is 1040. The van der Waals surface area contributed by atoms with Crippen molar-refractivity contribution in [2.75, 3.05) is 37.4 Å². The number of rotatable bonds is 6. The molecule has 6 heteroatoms. The summed E-state index contributed by atoms with van der Waals surface area (Å²) in [4.78, 5) is 21.6. The van der Waals surface area contributed by atoms with Gasteiger partial charge in [0.25, 0.3) is 5.91 Å². The lowest BCUT2D eigenvalue weighted by molar-refractivity contribution is 0.102. The van der Waals surface area contributed by atoms with E-state index in [-0.39, 0.29) is 5.91 Å². The number of amides is 1. The zero-order chi connectivity index (χ0) is 21.8. The number of benzene rings is 2. The van der Waals surface area contributed by atoms with Gasteiger partial charge in [0.2, 0.25) is 0 Å². The summed E-state index contributed by atoms with van der Waals surface area (Å²) >= 11 is 0. The van der Waals surface area contributed by atoms with Crippen molar-refractivity contribution in [2.24, 2.45) is 0 Å². The number of ether oxygens (including phenoxy) is 1. The number of likely N-dealkylation sites (N-methyl/N-ethyl adjacent to an activating group) is 1. The molecule has 31 heavy (non-hydrogen) atoms. The van der Waals surface area contributed by atoms with Crippen LogP contribution in [0.15, 0.2) is 67.0 Å². The van der Waals surface area contributed by atoms with E-state index in [1.54, 1.807) is 18.5 Å². The minimum absolute atomic E-state index is 0.157. The van der Waals surface area contributed by atoms with Crippen LogP contribution in [0.4, 0.5) is 11.4 Å². The second kappa shape index (κ2) is 9.18. The Morgan fingerprint density at radius 1 is 1.13 bits per heavy atom. The van der Waals surface area contributed by atoms with Crippen molar-refractivity contribution in [1.82, 2.24) is 9.88 Å². The Kier molecular flexibility index (Phi) is 6.18. The Labute approximate surface area is 183 Å². The summed E-state index contributed by atoms with van der Waals surface area (Å²) in [6, 6.07) is 17.8. The maximum atomic E-state index is 12.9. The van der Waals surface area contributed by atoms with Gasteiger partial charge in [0.1, 0.15) is 11.5 Å². The van der Waals surface area contributed by atoms with E-state index in [9.17, 15) is 4.79 Å². The van der Waals surface area contributed by atoms with Crippen molar-refractivity contribution in [3.05, 3.63) is 78.1 Å². The van der Waals surface area contributed by atoms with Gasteiger partial charge >= 0.3 is 0 Å². The van der Waals surface area contributed by atoms with Crippen LogP contribution in [-0.2, 0) is 0 Å². The van der Waals surface area contributed by atoms with Crippen molar-refractivity contribution < 1.29 is 9.53 Å². The molecule has 1 amide bonds. The SMILES string of the molecule is Cc1c(Oc2cccnc2)cccc1C(=O)Nc1ccc(N2CCC(N(C)C)C2)cc1. The van der Waals surface area contributed by atoms with Crippen LogP contribution < -0.4 is 15.0 Å². The summed E-state index contributed by atoms with van der Waals surface area (Å²) < 4.78 is 5.90. The van der Waals surface area contributed by atoms with Gasteiger partial charge in [0, 0.05) is 47.8 Å². The summed E-state index contributed by atoms with van der Waals surface area (Å²) in [5.41, 5.74) is 3.33. The lowest BCUT2D eigenvalue weighted by Gasteiger charge is -2.22. The highest BCUT2D eigenvalue weighted by molar-refractivity contribution is 6.05. The Hall–Kier alpha value is -3.38. The smallest absolute Gasteiger partial charge is 0.256 e. The third-order valence-corrected chi connectivity index (χ3v) is 5.77. The Balaban J connectivity index is 1.43. The molecule has 1 unspecified atom stereocenters. The number of nitrogens with one attached hydrogen (secondary N) is 1. The summed E-state index contributed by atoms with van der Waals surface area (Å²) in [5.74, 6) is 1.12. The Morgan fingerprint density at radius 2 is 1.94 bits per heavy atom. The van der Waals surface area contributed by atoms with Gasteiger partial charge in [0.05, 0.1) is 6.20 Å². The zero-order valence-electron chi connectivity index (χ0n) is 18.2. The molecule has 1 aromatic heterocycles. The average molecular weight is 417 g/mol. The van der Waals surface area contributed by atoms with Gasteiger partial charge in [-0.1, -0.05) is 6.07 Å². The fourth-order valence-electron chi connectivity index (χ4n) is 3.86. The predicted octanol–water partition coefficient (Wildman–Crippen LogP) is 4.57. The highest BCUT2D eigenvalue weighted by Crippen LogP contribution is 2.28. The van der Waals surface area contributed by atoms with E-state index in [0.29, 0.717) is 23.1 Å². The van der Waals surface area contributed by atoms with Crippen molar-refractivity contribution >= 4 is 17.3 Å². The van der Waals surface area contributed by atoms with Crippen LogP contribution in [0.25, 0.3) is 0 Å². The highest BCUT2D eigenvalue weighted by Gasteiger charge is 2.24. The molecule has 160 valence electrons. The maximum Gasteiger partial charge on any atom is 0.256 e. The van der Waals surface area contributed by atoms with Crippen LogP contribution in [0.3, 0.4) is 0 Å². The van der Waals surface area contributed by atoms with E-state index >= 15 is 0 Å². The summed E-state index contributed by atoms with van der Waals surface area (Å²) in [7, 11) is 4.26. The summed E-state index contributed by atoms with van der Waals surface area (Å²) in [6.07, 6.45) is 4.51. The van der Waals surface area contributed by atoms with E-state index in [2.05, 4.69) is 46.3 Å². The number of aromatic nitrogens is 1. The summed E-state index contributed by atoms with van der Waals surface area (Å²) in [6.45, 7) is 3.97. The second-order valence-corrected chi connectivity index (χ2v) is 8.07. The lowest BCUT2D eigenvalue weighted by Crippen LogP contribution is -2.31. The van der Waals surface area contributed by atoms with Gasteiger partial charge < -0.3 is 19.9 Å². The third-order valence-electron chi connectivity index (χ3n) is 5.77. The van der Waals surface area contributed by atoms with E-state index in [1.165, 1.54) is 12.1 Å². The van der Waals surface area contributed by atoms with Crippen LogP contribution >= 0.6 is 0 Å². The number of carbonyl (C=O) groups is 1. The van der Waals surface area contributed by atoms with Gasteiger partial charge in [0.15, 0.2) is 0 Å². The zero-order valence-corrected chi connectivity index (χ0v) is 18.2. The molecule has 1 aliphatic heterocycles. The van der Waals surface area contributed by atoms with Crippen LogP contribution in [0.1, 0.15) is 22.3 Å². The van der Waals surface area contributed by atoms with Gasteiger partial charge in [-0.2, -0.15) is 0 Å². The van der Waals surface area contributed by atoms with Crippen LogP contribution in [0.5, 0.6) is 11.5 Å². The molecule has 6 nitrogen and oxygen atoms in total. The molecule has 0 aliphatic carbocycles. The standard InChI is InChI=1S/C25H28N4O2/c1-18-23(7-4-8-24(18)31-22-6-5-14-26-16-22)25(30)27-19-9-11-20(12-10-19)29-15-13-21(17-29)28(2)3/h4-12,14,16,21H,13,15,17H2,1-3H3,(H,27,30). The molecule has 2 heterocycles. The van der Waals surface area contributed by atoms with Gasteiger partial charge in [-0.15, -0.1) is 0 Å². The van der Waals surface area contributed by atoms with Gasteiger partial charge in [-0.3, -0.25) is 9.78 Å². The monoisotopic (exact) mass is 416 g/mol. The molecule has 0 radical (unpaired) electrons. The predicted molar refractivity (Wildman–Crippen MR) is 124 cm³/mol. The fourth-order valence-corrected chi connectivity index (χ4v) is 3.86. The van der Waals surface area contributed by atoms with Crippen molar-refractivity contribution in [3.63, 3.8) is 0 Å². The number of anilines is 2. The number of hydrogen-bond donors (Lipinski definition) is 1. The van der Waals surface area contributed by atoms with Crippen molar-refractivity contribution in [1.29, 1.82) is 0 Å². The van der Waals surface area contributed by atoms with Crippen LogP contribution in [0.2, 0.25) is 0 Å². The number of carbonyl (C=O) groups excluding carboxylic acids is 1. The van der Waals surface area contributed by atoms with Gasteiger partial charge in [-0.05, 0) is 76.0 Å². The van der Waals surface area contributed by atoms with E-state index in [1.807, 2.05) is 43.3 Å². The number of hydrogen-bond acceptors (Lipinski definition) is 5. The van der Waals surface area contributed by atoms with Crippen molar-refractivity contribution in [2.45, 2.75) is 19.4 Å². The first-order valence-corrected chi connectivity index (χ1v) is 10.5. The molecule has 1 fully saturated rings. The Morgan fingerprint density at radius 3 is 2.61 bits per heavy atom. The lowest BCUT2D eigenvalue weighted by atomic mass is 10.1. The molecule has 4 rings (SSSR count). The van der Waals surface area contributed by atoms with E-state index in [4.69, 9.17) is 4.74 Å². The molecule has 2 aromatic carbocycles. The fraction of sp³-hybridized carbons (Fsp3) is 0.280. The molecular formula is C25H28N4O2. The average Bonchev–Trinajstić information content (AvgIpc) is 3.27. The van der Waals surface area contributed by atoms with E-state index in [0.717, 1.165) is 24.3 Å². The first-order chi connectivity index (χ1) is 15.0. The topological polar surface area (TPSA) is 57.7 Å². The minimum atomic E-state index is -0.157. The minimum Gasteiger partial charge on any atom is -0.455 e. The molecule has 1 atom stereocenters. The third kappa shape index (κ3) is 4.86. The normalized spacial score (nSPS) is 15.9. The first kappa shape index (κ1) is 20.9. The number of pyridine rings is 1. The molecule has 3 aromatic rings. The molecule has 1 aliphatic rings. The second-order valence-electron chi connectivity index (χ2n) is 8.07. The van der Waals surface area contributed by atoms with E-state index < -0.39 is 0 Å². The molecular weight excluding hydrogens is 388 g/mol. The quantitative estimate of drug-likeness (QED) is 0.638. The van der Waals surface area contributed by atoms with Crippen LogP contribution in [-0.4, -0.2) is 49.0 Å². The largest absolute Gasteiger partial charge is 0.455 e. The van der Waals surface area contributed by atoms with Gasteiger partial charge in [-0.25, -0.2) is 0 Å².